The van der Waals surface area contributed by atoms with Crippen molar-refractivity contribution in [2.45, 2.75) is 19.8 Å². The van der Waals surface area contributed by atoms with Crippen LogP contribution in [0, 0.1) is 10.7 Å². The van der Waals surface area contributed by atoms with Gasteiger partial charge in [0.25, 0.3) is 0 Å². The Bertz CT molecular complexity index is 500. The number of aliphatic carboxylic acids is 1. The van der Waals surface area contributed by atoms with E-state index in [0.717, 1.165) is 6.42 Å². The summed E-state index contributed by atoms with van der Waals surface area (Å²) >= 11 is 3.70. The number of hydrogen-bond donors (Lipinski definition) is 3. The maximum Gasteiger partial charge on any atom is 0.336 e. The van der Waals surface area contributed by atoms with Crippen LogP contribution in [0.25, 0.3) is 0 Å². The summed E-state index contributed by atoms with van der Waals surface area (Å²) in [5.41, 5.74) is -0.380. The van der Waals surface area contributed by atoms with E-state index in [2.05, 4.69) is 12.6 Å². The van der Waals surface area contributed by atoms with Crippen molar-refractivity contribution in [2.24, 2.45) is 0 Å². The molecular formula is C13H14NO6SZn2-. The summed E-state index contributed by atoms with van der Waals surface area (Å²) < 4.78 is 0. The zero-order chi connectivity index (χ0) is 16.8. The molecule has 1 rings (SSSR count). The molecule has 0 saturated heterocycles. The molecule has 0 radical (unpaired) electrons. The van der Waals surface area contributed by atoms with Gasteiger partial charge in [-0.1, -0.05) is 24.5 Å². The molecule has 0 aliphatic heterocycles. The summed E-state index contributed by atoms with van der Waals surface area (Å²) in [4.78, 5) is 30.5. The van der Waals surface area contributed by atoms with Gasteiger partial charge >= 0.3 is 17.9 Å². The second kappa shape index (κ2) is 18.6. The van der Waals surface area contributed by atoms with E-state index in [0.29, 0.717) is 6.42 Å². The summed E-state index contributed by atoms with van der Waals surface area (Å²) in [5.74, 6) is -3.17. The molecule has 0 amide bonds. The van der Waals surface area contributed by atoms with E-state index in [4.69, 9.17) is 20.6 Å². The molecule has 0 fully saturated rings. The van der Waals surface area contributed by atoms with Gasteiger partial charge in [0, 0.05) is 45.4 Å². The first-order valence-electron chi connectivity index (χ1n) is 5.60. The van der Waals surface area contributed by atoms with Gasteiger partial charge in [0.15, 0.2) is 0 Å². The Hall–Kier alpha value is -1.41. The topological polar surface area (TPSA) is 136 Å². The minimum atomic E-state index is -1.23. The van der Waals surface area contributed by atoms with Crippen molar-refractivity contribution < 1.29 is 68.7 Å². The summed E-state index contributed by atoms with van der Waals surface area (Å²) in [6, 6.07) is 5.48. The van der Waals surface area contributed by atoms with Crippen molar-refractivity contribution in [1.29, 1.82) is 5.26 Å². The van der Waals surface area contributed by atoms with Crippen LogP contribution < -0.4 is 0 Å². The van der Waals surface area contributed by atoms with Crippen molar-refractivity contribution in [3.63, 3.8) is 0 Å². The summed E-state index contributed by atoms with van der Waals surface area (Å²) in [6.45, 7) is 1.84. The first-order valence-corrected chi connectivity index (χ1v) is 6.01. The van der Waals surface area contributed by atoms with E-state index in [9.17, 15) is 14.4 Å². The van der Waals surface area contributed by atoms with Crippen molar-refractivity contribution >= 4 is 30.5 Å². The number of carboxylic acids is 3. The van der Waals surface area contributed by atoms with Crippen molar-refractivity contribution in [1.82, 2.24) is 0 Å². The molecule has 1 aromatic rings. The molecule has 0 unspecified atom stereocenters. The number of nitrogens with zero attached hydrogens (tertiary/aromatic N) is 1. The van der Waals surface area contributed by atoms with Crippen LogP contribution in [0.5, 0.6) is 0 Å². The van der Waals surface area contributed by atoms with Gasteiger partial charge in [-0.05, 0) is 18.6 Å². The Morgan fingerprint density at radius 1 is 1.04 bits per heavy atom. The molecule has 0 bridgehead atoms. The predicted molar refractivity (Wildman–Crippen MR) is 75.9 cm³/mol. The van der Waals surface area contributed by atoms with E-state index in [1.807, 2.05) is 6.92 Å². The molecule has 118 valence electrons. The number of carbonyl (C=O) groups is 3. The van der Waals surface area contributed by atoms with Crippen molar-refractivity contribution in [2.75, 3.05) is 0 Å². The van der Waals surface area contributed by atoms with E-state index in [1.165, 1.54) is 29.7 Å². The minimum Gasteiger partial charge on any atom is -0.696 e. The fourth-order valence-corrected chi connectivity index (χ4v) is 1.07. The first-order chi connectivity index (χ1) is 9.81. The SMILES string of the molecule is CCCC(=O)O.N#C[S-].O=C(O)c1ccccc1C(=O)O.[Zn].[Zn]. The van der Waals surface area contributed by atoms with Crippen LogP contribution in [-0.4, -0.2) is 33.2 Å². The van der Waals surface area contributed by atoms with Gasteiger partial charge in [0.05, 0.1) is 11.1 Å². The summed E-state index contributed by atoms with van der Waals surface area (Å²) in [6.07, 6.45) is 1.02. The molecule has 3 N–H and O–H groups in total. The van der Waals surface area contributed by atoms with Crippen LogP contribution >= 0.6 is 0 Å². The monoisotopic (exact) mass is 440 g/mol. The molecule has 0 saturated carbocycles. The minimum absolute atomic E-state index is 0. The Labute approximate surface area is 164 Å². The number of nitriles is 1. The van der Waals surface area contributed by atoms with Crippen molar-refractivity contribution in [3.8, 4) is 5.40 Å². The average molecular weight is 443 g/mol. The quantitative estimate of drug-likeness (QED) is 0.365. The second-order valence-corrected chi connectivity index (χ2v) is 3.57. The number of aromatic carboxylic acids is 2. The molecule has 0 aliphatic rings. The van der Waals surface area contributed by atoms with Crippen LogP contribution in [0.1, 0.15) is 40.5 Å². The summed E-state index contributed by atoms with van der Waals surface area (Å²) in [7, 11) is 0. The fourth-order valence-electron chi connectivity index (χ4n) is 1.07. The van der Waals surface area contributed by atoms with Crippen LogP contribution in [0.3, 0.4) is 0 Å². The van der Waals surface area contributed by atoms with Crippen LogP contribution in [0.4, 0.5) is 0 Å². The molecule has 1 aromatic carbocycles. The van der Waals surface area contributed by atoms with E-state index in [1.54, 1.807) is 0 Å². The average Bonchev–Trinajstić information content (AvgIpc) is 2.40. The van der Waals surface area contributed by atoms with Gasteiger partial charge in [-0.25, -0.2) is 14.9 Å². The number of carboxylic acid groups (broad SMARTS) is 3. The fraction of sp³-hybridized carbons (Fsp3) is 0.231. The number of rotatable bonds is 4. The maximum atomic E-state index is 10.5. The molecule has 7 nitrogen and oxygen atoms in total. The van der Waals surface area contributed by atoms with Gasteiger partial charge in [-0.15, -0.1) is 0 Å². The van der Waals surface area contributed by atoms with Crippen molar-refractivity contribution in [3.05, 3.63) is 35.4 Å². The molecular weight excluding hydrogens is 429 g/mol. The van der Waals surface area contributed by atoms with E-state index in [-0.39, 0.29) is 50.1 Å². The molecule has 0 atom stereocenters. The van der Waals surface area contributed by atoms with Gasteiger partial charge < -0.3 is 27.9 Å². The molecule has 0 heterocycles. The second-order valence-electron chi connectivity index (χ2n) is 3.39. The maximum absolute atomic E-state index is 10.5. The van der Waals surface area contributed by atoms with E-state index >= 15 is 0 Å². The Morgan fingerprint density at radius 3 is 1.48 bits per heavy atom. The summed E-state index contributed by atoms with van der Waals surface area (Å²) in [5, 5.41) is 33.5. The number of thiocyanates is 1. The molecule has 10 heteroatoms. The standard InChI is InChI=1S/C8H6O4.C4H8O2.CHNS.2Zn/c9-7(10)5-3-1-2-4-6(5)8(11)12;1-2-3-4(5)6;2-1-3;;/h1-4H,(H,9,10)(H,11,12);2-3H2,1H3,(H,5,6);3H;;/p-1. The Balaban J connectivity index is -0.000000141. The third kappa shape index (κ3) is 16.8. The molecule has 0 aromatic heterocycles. The Kier molecular flexibility index (Phi) is 24.0. The number of hydrogen-bond acceptors (Lipinski definition) is 5. The predicted octanol–water partition coefficient (Wildman–Crippen LogP) is 1.96. The smallest absolute Gasteiger partial charge is 0.336 e. The third-order valence-electron chi connectivity index (χ3n) is 1.85. The normalized spacial score (nSPS) is 7.30. The van der Waals surface area contributed by atoms with Gasteiger partial charge in [0.2, 0.25) is 0 Å². The van der Waals surface area contributed by atoms with Gasteiger partial charge in [-0.3, -0.25) is 4.79 Å². The zero-order valence-corrected chi connectivity index (χ0v) is 19.3. The Morgan fingerprint density at radius 2 is 1.35 bits per heavy atom. The molecule has 23 heavy (non-hydrogen) atoms. The zero-order valence-electron chi connectivity index (χ0n) is 12.6. The van der Waals surface area contributed by atoms with E-state index < -0.39 is 17.9 Å². The molecule has 0 spiro atoms. The molecule has 0 aliphatic carbocycles. The number of benzene rings is 1. The first kappa shape index (κ1) is 29.6. The van der Waals surface area contributed by atoms with Gasteiger partial charge in [-0.2, -0.15) is 0 Å². The van der Waals surface area contributed by atoms with Crippen LogP contribution in [-0.2, 0) is 56.4 Å². The van der Waals surface area contributed by atoms with Crippen LogP contribution in [0.2, 0.25) is 0 Å². The third-order valence-corrected chi connectivity index (χ3v) is 1.85. The van der Waals surface area contributed by atoms with Crippen LogP contribution in [0.15, 0.2) is 24.3 Å². The largest absolute Gasteiger partial charge is 0.696 e. The van der Waals surface area contributed by atoms with Gasteiger partial charge in [0.1, 0.15) is 0 Å².